The van der Waals surface area contributed by atoms with Crippen molar-refractivity contribution in [3.8, 4) is 0 Å². The molecule has 2 saturated heterocycles. The molecule has 0 bridgehead atoms. The van der Waals surface area contributed by atoms with Gasteiger partial charge in [0.15, 0.2) is 0 Å². The van der Waals surface area contributed by atoms with Gasteiger partial charge < -0.3 is 14.6 Å². The number of nitrogens with zero attached hydrogens (tertiary/aromatic N) is 4. The molecule has 5 rings (SSSR count). The molecule has 2 fully saturated rings. The largest absolute Gasteiger partial charge is 0.492 e. The predicted octanol–water partition coefficient (Wildman–Crippen LogP) is 3.50. The number of amides is 2. The van der Waals surface area contributed by atoms with Crippen LogP contribution in [-0.4, -0.2) is 87.3 Å². The van der Waals surface area contributed by atoms with Crippen LogP contribution in [0.2, 0.25) is 0 Å². The van der Waals surface area contributed by atoms with Gasteiger partial charge in [0.2, 0.25) is 5.91 Å². The third-order valence-electron chi connectivity index (χ3n) is 8.71. The molecule has 14 heteroatoms. The molecule has 0 radical (unpaired) electrons. The average molecular weight is 644 g/mol. The lowest BCUT2D eigenvalue weighted by atomic mass is 9.87. The molecule has 244 valence electrons. The maximum absolute atomic E-state index is 14.9. The van der Waals surface area contributed by atoms with Crippen molar-refractivity contribution in [2.75, 3.05) is 32.7 Å². The minimum Gasteiger partial charge on any atom is -0.360 e. The highest BCUT2D eigenvalue weighted by Crippen LogP contribution is 2.36. The van der Waals surface area contributed by atoms with Gasteiger partial charge in [0.25, 0.3) is 11.5 Å². The van der Waals surface area contributed by atoms with E-state index in [1.54, 1.807) is 44.2 Å². The summed E-state index contributed by atoms with van der Waals surface area (Å²) < 4.78 is 54.3. The highest BCUT2D eigenvalue weighted by atomic mass is 19.4. The maximum Gasteiger partial charge on any atom is 0.492 e. The lowest BCUT2D eigenvalue weighted by Gasteiger charge is -2.42. The summed E-state index contributed by atoms with van der Waals surface area (Å²) in [4.78, 5) is 58.8. The van der Waals surface area contributed by atoms with Gasteiger partial charge in [0.05, 0.1) is 11.3 Å². The summed E-state index contributed by atoms with van der Waals surface area (Å²) in [6.07, 6.45) is -4.49. The van der Waals surface area contributed by atoms with E-state index in [1.165, 1.54) is 28.0 Å². The molecule has 1 unspecified atom stereocenters. The van der Waals surface area contributed by atoms with Crippen LogP contribution in [0.1, 0.15) is 51.1 Å². The van der Waals surface area contributed by atoms with Gasteiger partial charge >= 0.3 is 12.1 Å². The third-order valence-corrected chi connectivity index (χ3v) is 8.71. The molecule has 10 nitrogen and oxygen atoms in total. The van der Waals surface area contributed by atoms with E-state index in [0.717, 1.165) is 5.06 Å². The Morgan fingerprint density at radius 1 is 0.935 bits per heavy atom. The van der Waals surface area contributed by atoms with Crippen LogP contribution in [0.15, 0.2) is 53.3 Å². The Hall–Kier alpha value is -4.59. The van der Waals surface area contributed by atoms with E-state index < -0.39 is 35.3 Å². The number of hydrogen-bond acceptors (Lipinski definition) is 7. The molecule has 0 aliphatic carbocycles. The van der Waals surface area contributed by atoms with Crippen molar-refractivity contribution in [3.05, 3.63) is 98.2 Å². The molecule has 1 atom stereocenters. The first-order valence-corrected chi connectivity index (χ1v) is 14.8. The van der Waals surface area contributed by atoms with Gasteiger partial charge in [-0.1, -0.05) is 36.4 Å². The van der Waals surface area contributed by atoms with Gasteiger partial charge in [0.1, 0.15) is 11.4 Å². The first-order valence-electron chi connectivity index (χ1n) is 14.8. The zero-order chi connectivity index (χ0) is 33.2. The Balaban J connectivity index is 1.31. The molecule has 2 aliphatic rings. The van der Waals surface area contributed by atoms with Crippen LogP contribution in [0.5, 0.6) is 0 Å². The second kappa shape index (κ2) is 13.0. The van der Waals surface area contributed by atoms with Crippen LogP contribution in [-0.2, 0) is 27.3 Å². The predicted molar refractivity (Wildman–Crippen MR) is 157 cm³/mol. The van der Waals surface area contributed by atoms with Gasteiger partial charge in [-0.05, 0) is 55.5 Å². The molecule has 3 heterocycles. The number of halogens is 4. The average Bonchev–Trinajstić information content (AvgIpc) is 3.44. The van der Waals surface area contributed by atoms with Crippen LogP contribution in [0.25, 0.3) is 0 Å². The Morgan fingerprint density at radius 2 is 1.61 bits per heavy atom. The van der Waals surface area contributed by atoms with Crippen molar-refractivity contribution in [2.45, 2.75) is 51.2 Å². The monoisotopic (exact) mass is 643 g/mol. The van der Waals surface area contributed by atoms with Crippen molar-refractivity contribution in [2.24, 2.45) is 0 Å². The number of aromatic nitrogens is 2. The first-order chi connectivity index (χ1) is 21.8. The molecule has 1 N–H and O–H groups in total. The van der Waals surface area contributed by atoms with Crippen molar-refractivity contribution in [1.82, 2.24) is 25.1 Å². The number of hydroxylamine groups is 2. The summed E-state index contributed by atoms with van der Waals surface area (Å²) >= 11 is 0. The van der Waals surface area contributed by atoms with Crippen LogP contribution >= 0.6 is 0 Å². The third kappa shape index (κ3) is 6.66. The van der Waals surface area contributed by atoms with E-state index in [-0.39, 0.29) is 63.1 Å². The van der Waals surface area contributed by atoms with E-state index in [9.17, 15) is 36.7 Å². The molecular weight excluding hydrogens is 610 g/mol. The minimum atomic E-state index is -5.24. The number of rotatable bonds is 7. The standard InChI is InChI=1S/C32H33F4N5O5/c1-20-21(2)27(42)38-37-26(20)18-23-9-10-25(33)24(17-23)28(43)39-13-15-40(16-14-39)29(44)31(19-22-7-4-3-5-8-22)11-6-12-41(31)46-30(45)32(34,35)36/h3-5,7-10,17H,6,11-16,18-19H2,1-2H3,(H,38,42). The molecule has 46 heavy (non-hydrogen) atoms. The minimum absolute atomic E-state index is 0.0120. The van der Waals surface area contributed by atoms with Crippen molar-refractivity contribution in [1.29, 1.82) is 0 Å². The Kier molecular flexibility index (Phi) is 9.29. The molecule has 3 aromatic rings. The summed E-state index contributed by atoms with van der Waals surface area (Å²) in [5, 5.41) is 7.38. The van der Waals surface area contributed by atoms with E-state index in [0.29, 0.717) is 34.4 Å². The van der Waals surface area contributed by atoms with Crippen LogP contribution < -0.4 is 5.56 Å². The topological polar surface area (TPSA) is 116 Å². The lowest BCUT2D eigenvalue weighted by Crippen LogP contribution is -2.62. The number of carbonyl (C=O) groups excluding carboxylic acids is 3. The number of hydrogen-bond donors (Lipinski definition) is 1. The van der Waals surface area contributed by atoms with E-state index in [4.69, 9.17) is 4.84 Å². The fraction of sp³-hybridized carbons (Fsp3) is 0.406. The number of carbonyl (C=O) groups is 3. The summed E-state index contributed by atoms with van der Waals surface area (Å²) in [6.45, 7) is 3.58. The molecule has 2 aliphatic heterocycles. The number of alkyl halides is 3. The summed E-state index contributed by atoms with van der Waals surface area (Å²) in [7, 11) is 0. The van der Waals surface area contributed by atoms with Crippen molar-refractivity contribution < 1.29 is 36.8 Å². The van der Waals surface area contributed by atoms with Crippen molar-refractivity contribution >= 4 is 17.8 Å². The molecule has 0 spiro atoms. The van der Waals surface area contributed by atoms with Crippen LogP contribution in [0.3, 0.4) is 0 Å². The van der Waals surface area contributed by atoms with E-state index in [1.807, 2.05) is 0 Å². The number of H-pyrrole nitrogens is 1. The van der Waals surface area contributed by atoms with Gasteiger partial charge in [-0.15, -0.1) is 5.06 Å². The Morgan fingerprint density at radius 3 is 2.28 bits per heavy atom. The summed E-state index contributed by atoms with van der Waals surface area (Å²) in [5.41, 5.74) is 1.05. The van der Waals surface area contributed by atoms with Gasteiger partial charge in [-0.25, -0.2) is 14.3 Å². The number of aromatic amines is 1. The lowest BCUT2D eigenvalue weighted by molar-refractivity contribution is -0.252. The fourth-order valence-electron chi connectivity index (χ4n) is 6.00. The normalized spacial score (nSPS) is 18.9. The second-order valence-electron chi connectivity index (χ2n) is 11.6. The fourth-order valence-corrected chi connectivity index (χ4v) is 6.00. The molecule has 2 amide bonds. The summed E-state index contributed by atoms with van der Waals surface area (Å²) in [6, 6.07) is 12.9. The smallest absolute Gasteiger partial charge is 0.360 e. The highest BCUT2D eigenvalue weighted by Gasteiger charge is 2.54. The molecule has 0 saturated carbocycles. The second-order valence-corrected chi connectivity index (χ2v) is 11.6. The van der Waals surface area contributed by atoms with Gasteiger partial charge in [-0.2, -0.15) is 18.3 Å². The summed E-state index contributed by atoms with van der Waals surface area (Å²) in [5.74, 6) is -4.21. The maximum atomic E-state index is 14.9. The molecular formula is C32H33F4N5O5. The first kappa shape index (κ1) is 32.8. The quantitative estimate of drug-likeness (QED) is 0.392. The zero-order valence-electron chi connectivity index (χ0n) is 25.3. The van der Waals surface area contributed by atoms with Crippen LogP contribution in [0.4, 0.5) is 17.6 Å². The van der Waals surface area contributed by atoms with E-state index in [2.05, 4.69) is 10.2 Å². The number of nitrogens with one attached hydrogen (secondary N) is 1. The van der Waals surface area contributed by atoms with Gasteiger partial charge in [0, 0.05) is 51.1 Å². The molecule has 2 aromatic carbocycles. The van der Waals surface area contributed by atoms with Gasteiger partial charge in [-0.3, -0.25) is 14.4 Å². The SMILES string of the molecule is Cc1c(Cc2ccc(F)c(C(=O)N3CCN(C(=O)C4(Cc5ccccc5)CCCN4OC(=O)C(F)(F)F)CC3)c2)n[nH]c(=O)c1C. The molecule has 1 aromatic heterocycles. The Bertz CT molecular complexity index is 1690. The van der Waals surface area contributed by atoms with Crippen molar-refractivity contribution in [3.63, 3.8) is 0 Å². The van der Waals surface area contributed by atoms with E-state index >= 15 is 0 Å². The number of benzene rings is 2. The Labute approximate surface area is 261 Å². The van der Waals surface area contributed by atoms with Crippen LogP contribution in [0, 0.1) is 19.7 Å². The number of piperazine rings is 1. The highest BCUT2D eigenvalue weighted by molar-refractivity contribution is 5.95. The zero-order valence-corrected chi connectivity index (χ0v) is 25.3.